The van der Waals surface area contributed by atoms with Gasteiger partial charge in [-0.25, -0.2) is 4.79 Å². The van der Waals surface area contributed by atoms with Gasteiger partial charge in [0.15, 0.2) is 0 Å². The van der Waals surface area contributed by atoms with Crippen molar-refractivity contribution in [3.63, 3.8) is 0 Å². The lowest BCUT2D eigenvalue weighted by Crippen LogP contribution is -2.40. The third kappa shape index (κ3) is 2.02. The number of nitrogens with one attached hydrogen (secondary N) is 1. The van der Waals surface area contributed by atoms with Crippen LogP contribution >= 0.6 is 15.9 Å². The minimum absolute atomic E-state index is 0.0133. The Morgan fingerprint density at radius 1 is 1.26 bits per heavy atom. The summed E-state index contributed by atoms with van der Waals surface area (Å²) in [5.41, 5.74) is 0.285. The summed E-state index contributed by atoms with van der Waals surface area (Å²) in [7, 11) is 0. The van der Waals surface area contributed by atoms with Crippen LogP contribution in [-0.2, 0) is 14.3 Å². The number of rotatable bonds is 3. The second-order valence-corrected chi connectivity index (χ2v) is 7.36. The molecule has 2 aliphatic carbocycles. The Labute approximate surface area is 140 Å². The SMILES string of the molecule is O=C(O)c1ccccc1NC(=O)[C@@H]1[C@H]2C[C@H]3[C@H](OC(=O)[C@@H]31)[C@H]2Br. The molecule has 7 heteroatoms. The first-order chi connectivity index (χ1) is 11.0. The van der Waals surface area contributed by atoms with Gasteiger partial charge < -0.3 is 15.2 Å². The fourth-order valence-corrected chi connectivity index (χ4v) is 5.37. The number of carbonyl (C=O) groups is 3. The number of carboxylic acids is 1. The Morgan fingerprint density at radius 2 is 2.00 bits per heavy atom. The molecule has 1 aliphatic heterocycles. The maximum absolute atomic E-state index is 12.7. The molecule has 1 aromatic carbocycles. The summed E-state index contributed by atoms with van der Waals surface area (Å²) >= 11 is 3.56. The maximum Gasteiger partial charge on any atom is 0.337 e. The first-order valence-corrected chi connectivity index (χ1v) is 8.38. The number of hydrogen-bond donors (Lipinski definition) is 2. The van der Waals surface area contributed by atoms with Gasteiger partial charge in [0.2, 0.25) is 5.91 Å². The topological polar surface area (TPSA) is 92.7 Å². The standard InChI is InChI=1S/C16H14BrNO5/c17-12-7-5-8-11(16(22)23-13(8)12)10(7)14(19)18-9-4-2-1-3-6(9)15(20)21/h1-4,7-8,10-13H,5H2,(H,18,19)(H,20,21)/t7-,8-,10-,11+,12+,13+/m1/s1. The number of amides is 1. The van der Waals surface area contributed by atoms with Gasteiger partial charge in [0, 0.05) is 5.92 Å². The molecule has 0 spiro atoms. The van der Waals surface area contributed by atoms with E-state index < -0.39 is 17.8 Å². The number of anilines is 1. The molecule has 4 rings (SSSR count). The number of benzene rings is 1. The molecule has 1 aromatic rings. The minimum Gasteiger partial charge on any atom is -0.478 e. The van der Waals surface area contributed by atoms with Crippen molar-refractivity contribution in [2.75, 3.05) is 5.32 Å². The summed E-state index contributed by atoms with van der Waals surface area (Å²) < 4.78 is 5.38. The lowest BCUT2D eigenvalue weighted by atomic mass is 9.79. The van der Waals surface area contributed by atoms with Crippen LogP contribution in [0.2, 0.25) is 0 Å². The maximum atomic E-state index is 12.7. The highest BCUT2D eigenvalue weighted by Gasteiger charge is 2.67. The number of halogens is 1. The minimum atomic E-state index is -1.10. The molecule has 0 unspecified atom stereocenters. The number of carbonyl (C=O) groups excluding carboxylic acids is 2. The van der Waals surface area contributed by atoms with E-state index in [4.69, 9.17) is 4.74 Å². The van der Waals surface area contributed by atoms with E-state index in [9.17, 15) is 19.5 Å². The van der Waals surface area contributed by atoms with Crippen molar-refractivity contribution in [2.45, 2.75) is 17.4 Å². The molecule has 1 amide bonds. The molecular formula is C16H14BrNO5. The molecular weight excluding hydrogens is 366 g/mol. The van der Waals surface area contributed by atoms with Gasteiger partial charge in [-0.2, -0.15) is 0 Å². The van der Waals surface area contributed by atoms with Crippen LogP contribution in [0.3, 0.4) is 0 Å². The van der Waals surface area contributed by atoms with Gasteiger partial charge in [-0.1, -0.05) is 28.1 Å². The van der Waals surface area contributed by atoms with Crippen molar-refractivity contribution < 1.29 is 24.2 Å². The first kappa shape index (κ1) is 14.7. The predicted molar refractivity (Wildman–Crippen MR) is 83.2 cm³/mol. The Balaban J connectivity index is 1.61. The number of ether oxygens (including phenoxy) is 1. The molecule has 0 radical (unpaired) electrons. The summed E-state index contributed by atoms with van der Waals surface area (Å²) in [6.07, 6.45) is 0.656. The Hall–Kier alpha value is -1.89. The molecule has 6 nitrogen and oxygen atoms in total. The highest BCUT2D eigenvalue weighted by atomic mass is 79.9. The molecule has 2 N–H and O–H groups in total. The van der Waals surface area contributed by atoms with Gasteiger partial charge in [-0.3, -0.25) is 9.59 Å². The van der Waals surface area contributed by atoms with Crippen molar-refractivity contribution in [3.8, 4) is 0 Å². The van der Waals surface area contributed by atoms with Crippen LogP contribution in [0.15, 0.2) is 24.3 Å². The Bertz CT molecular complexity index is 720. The Kier molecular flexibility index (Phi) is 3.23. The van der Waals surface area contributed by atoms with Crippen LogP contribution in [-0.4, -0.2) is 33.9 Å². The first-order valence-electron chi connectivity index (χ1n) is 7.47. The number of aromatic carboxylic acids is 1. The van der Waals surface area contributed by atoms with E-state index in [0.29, 0.717) is 0 Å². The van der Waals surface area contributed by atoms with Crippen LogP contribution < -0.4 is 5.32 Å². The van der Waals surface area contributed by atoms with Gasteiger partial charge in [-0.15, -0.1) is 0 Å². The molecule has 6 atom stereocenters. The largest absolute Gasteiger partial charge is 0.478 e. The van der Waals surface area contributed by atoms with Crippen LogP contribution in [0.25, 0.3) is 0 Å². The Morgan fingerprint density at radius 3 is 2.74 bits per heavy atom. The molecule has 3 aliphatic rings. The van der Waals surface area contributed by atoms with Crippen molar-refractivity contribution in [2.24, 2.45) is 23.7 Å². The van der Waals surface area contributed by atoms with Crippen molar-refractivity contribution in [3.05, 3.63) is 29.8 Å². The summed E-state index contributed by atoms with van der Waals surface area (Å²) in [6.45, 7) is 0. The quantitative estimate of drug-likeness (QED) is 0.617. The summed E-state index contributed by atoms with van der Waals surface area (Å²) in [5.74, 6) is -2.48. The van der Waals surface area contributed by atoms with Crippen LogP contribution in [0.5, 0.6) is 0 Å². The number of carboxylic acid groups (broad SMARTS) is 1. The lowest BCUT2D eigenvalue weighted by molar-refractivity contribution is -0.145. The normalized spacial score (nSPS) is 36.8. The summed E-state index contributed by atoms with van der Waals surface area (Å²) in [6, 6.07) is 6.25. The average molecular weight is 380 g/mol. The molecule has 2 saturated carbocycles. The number of alkyl halides is 1. The fourth-order valence-electron chi connectivity index (χ4n) is 4.33. The fraction of sp³-hybridized carbons (Fsp3) is 0.438. The van der Waals surface area contributed by atoms with Crippen LogP contribution in [0.4, 0.5) is 5.69 Å². The van der Waals surface area contributed by atoms with Gasteiger partial charge in [0.05, 0.1) is 27.9 Å². The van der Waals surface area contributed by atoms with Gasteiger partial charge in [0.1, 0.15) is 6.10 Å². The highest BCUT2D eigenvalue weighted by molar-refractivity contribution is 9.09. The third-order valence-corrected chi connectivity index (χ3v) is 6.44. The molecule has 23 heavy (non-hydrogen) atoms. The van der Waals surface area contributed by atoms with E-state index in [1.165, 1.54) is 6.07 Å². The van der Waals surface area contributed by atoms with E-state index >= 15 is 0 Å². The second kappa shape index (κ2) is 5.06. The molecule has 3 fully saturated rings. The average Bonchev–Trinajstić information content (AvgIpc) is 3.11. The zero-order valence-electron chi connectivity index (χ0n) is 11.9. The van der Waals surface area contributed by atoms with Crippen molar-refractivity contribution >= 4 is 39.5 Å². The molecule has 0 aromatic heterocycles. The second-order valence-electron chi connectivity index (χ2n) is 6.30. The number of hydrogen-bond acceptors (Lipinski definition) is 4. The third-order valence-electron chi connectivity index (χ3n) is 5.24. The monoisotopic (exact) mass is 379 g/mol. The van der Waals surface area contributed by atoms with E-state index in [-0.39, 0.29) is 45.9 Å². The molecule has 1 heterocycles. The van der Waals surface area contributed by atoms with Gasteiger partial charge in [0.25, 0.3) is 0 Å². The van der Waals surface area contributed by atoms with E-state index in [1.54, 1.807) is 18.2 Å². The zero-order chi connectivity index (χ0) is 16.3. The number of fused-ring (bicyclic) bond motifs is 1. The van der Waals surface area contributed by atoms with E-state index in [2.05, 4.69) is 21.2 Å². The van der Waals surface area contributed by atoms with E-state index in [0.717, 1.165) is 6.42 Å². The molecule has 1 saturated heterocycles. The number of para-hydroxylation sites is 1. The highest BCUT2D eigenvalue weighted by Crippen LogP contribution is 2.60. The van der Waals surface area contributed by atoms with Crippen LogP contribution in [0, 0.1) is 23.7 Å². The van der Waals surface area contributed by atoms with Crippen molar-refractivity contribution in [1.82, 2.24) is 0 Å². The molecule has 120 valence electrons. The lowest BCUT2D eigenvalue weighted by Gasteiger charge is -2.27. The van der Waals surface area contributed by atoms with Crippen molar-refractivity contribution in [1.29, 1.82) is 0 Å². The summed E-state index contributed by atoms with van der Waals surface area (Å²) in [4.78, 5) is 36.0. The smallest absolute Gasteiger partial charge is 0.337 e. The predicted octanol–water partition coefficient (Wildman–Crippen LogP) is 1.89. The van der Waals surface area contributed by atoms with Gasteiger partial charge in [-0.05, 0) is 24.5 Å². The van der Waals surface area contributed by atoms with Crippen LogP contribution in [0.1, 0.15) is 16.8 Å². The number of esters is 1. The van der Waals surface area contributed by atoms with Gasteiger partial charge >= 0.3 is 11.9 Å². The van der Waals surface area contributed by atoms with E-state index in [1.807, 2.05) is 0 Å². The summed E-state index contributed by atoms with van der Waals surface area (Å²) in [5, 5.41) is 11.9. The zero-order valence-corrected chi connectivity index (χ0v) is 13.5. The molecule has 2 bridgehead atoms.